The van der Waals surface area contributed by atoms with E-state index in [4.69, 9.17) is 4.84 Å². The average molecular weight is 337 g/mol. The number of nitrogens with zero attached hydrogens (tertiary/aromatic N) is 1. The maximum atomic E-state index is 12.6. The van der Waals surface area contributed by atoms with E-state index in [1.165, 1.54) is 26.3 Å². The third kappa shape index (κ3) is 4.35. The highest BCUT2D eigenvalue weighted by Crippen LogP contribution is 2.30. The van der Waals surface area contributed by atoms with E-state index in [9.17, 15) is 18.0 Å². The van der Waals surface area contributed by atoms with Crippen molar-refractivity contribution < 1.29 is 22.8 Å². The largest absolute Gasteiger partial charge is 0.416 e. The molecule has 3 nitrogen and oxygen atoms in total. The molecule has 0 N–H and O–H groups in total. The van der Waals surface area contributed by atoms with E-state index in [1.807, 2.05) is 30.3 Å². The lowest BCUT2D eigenvalue weighted by atomic mass is 9.91. The molecule has 2 rings (SSSR count). The molecule has 0 aliphatic carbocycles. The zero-order valence-electron chi connectivity index (χ0n) is 13.4. The van der Waals surface area contributed by atoms with E-state index >= 15 is 0 Å². The smallest absolute Gasteiger partial charge is 0.275 e. The first-order valence-corrected chi connectivity index (χ1v) is 7.35. The normalized spacial score (nSPS) is 12.7. The number of carbonyl (C=O) groups excluding carboxylic acids is 1. The van der Waals surface area contributed by atoms with Gasteiger partial charge in [-0.25, -0.2) is 5.06 Å². The number of carbonyl (C=O) groups is 1. The number of benzene rings is 2. The van der Waals surface area contributed by atoms with Crippen LogP contribution in [0, 0.1) is 0 Å². The molecule has 24 heavy (non-hydrogen) atoms. The van der Waals surface area contributed by atoms with Crippen LogP contribution in [0.4, 0.5) is 13.2 Å². The maximum absolute atomic E-state index is 12.6. The van der Waals surface area contributed by atoms with Crippen LogP contribution in [-0.2, 0) is 22.2 Å². The van der Waals surface area contributed by atoms with Crippen LogP contribution in [-0.4, -0.2) is 25.1 Å². The number of halogens is 3. The van der Waals surface area contributed by atoms with E-state index in [2.05, 4.69) is 0 Å². The Kier molecular flexibility index (Phi) is 5.62. The van der Waals surface area contributed by atoms with Gasteiger partial charge < -0.3 is 0 Å². The van der Waals surface area contributed by atoms with Crippen molar-refractivity contribution in [3.05, 3.63) is 71.3 Å². The zero-order chi connectivity index (χ0) is 17.7. The van der Waals surface area contributed by atoms with Crippen molar-refractivity contribution in [2.24, 2.45) is 0 Å². The summed E-state index contributed by atoms with van der Waals surface area (Å²) in [4.78, 5) is 17.5. The molecule has 0 radical (unpaired) electrons. The molecule has 0 spiro atoms. The lowest BCUT2D eigenvalue weighted by molar-refractivity contribution is -0.170. The summed E-state index contributed by atoms with van der Waals surface area (Å²) in [6, 6.07) is 14.0. The first kappa shape index (κ1) is 18.0. The Morgan fingerprint density at radius 3 is 2.17 bits per heavy atom. The Morgan fingerprint density at radius 1 is 1.08 bits per heavy atom. The predicted octanol–water partition coefficient (Wildman–Crippen LogP) is 4.05. The molecule has 1 amide bonds. The second-order valence-electron chi connectivity index (χ2n) is 5.38. The first-order valence-electron chi connectivity index (χ1n) is 7.35. The Hall–Kier alpha value is -2.34. The van der Waals surface area contributed by atoms with Crippen molar-refractivity contribution in [3.8, 4) is 0 Å². The maximum Gasteiger partial charge on any atom is 0.416 e. The topological polar surface area (TPSA) is 29.5 Å². The fourth-order valence-corrected chi connectivity index (χ4v) is 2.41. The Labute approximate surface area is 138 Å². The summed E-state index contributed by atoms with van der Waals surface area (Å²) in [5.74, 6) is -0.795. The van der Waals surface area contributed by atoms with Gasteiger partial charge in [-0.3, -0.25) is 9.63 Å². The molecule has 1 atom stereocenters. The zero-order valence-corrected chi connectivity index (χ0v) is 13.4. The van der Waals surface area contributed by atoms with Gasteiger partial charge in [0.15, 0.2) is 0 Å². The molecule has 2 aromatic rings. The van der Waals surface area contributed by atoms with Gasteiger partial charge in [0, 0.05) is 7.05 Å². The average Bonchev–Trinajstić information content (AvgIpc) is 2.58. The van der Waals surface area contributed by atoms with Gasteiger partial charge in [-0.05, 0) is 29.7 Å². The standard InChI is InChI=1S/C18H18F3NO2/c1-22(24-2)17(23)16(14-6-4-3-5-7-14)12-13-8-10-15(11-9-13)18(19,20)21/h3-11,16H,12H2,1-2H3. The van der Waals surface area contributed by atoms with Gasteiger partial charge in [0.2, 0.25) is 0 Å². The van der Waals surface area contributed by atoms with Gasteiger partial charge >= 0.3 is 6.18 Å². The number of hydrogen-bond acceptors (Lipinski definition) is 2. The Balaban J connectivity index is 2.27. The summed E-state index contributed by atoms with van der Waals surface area (Å²) in [5, 5.41) is 1.13. The van der Waals surface area contributed by atoms with Gasteiger partial charge in [0.1, 0.15) is 0 Å². The summed E-state index contributed by atoms with van der Waals surface area (Å²) in [6.45, 7) is 0. The van der Waals surface area contributed by atoms with Gasteiger partial charge in [0.25, 0.3) is 5.91 Å². The number of likely N-dealkylation sites (N-methyl/N-ethyl adjacent to an activating group) is 1. The SMILES string of the molecule is CON(C)C(=O)C(Cc1ccc(C(F)(F)F)cc1)c1ccccc1. The molecule has 0 saturated heterocycles. The van der Waals surface area contributed by atoms with E-state index in [0.717, 1.165) is 22.8 Å². The second-order valence-corrected chi connectivity index (χ2v) is 5.38. The van der Waals surface area contributed by atoms with Crippen LogP contribution in [0.1, 0.15) is 22.6 Å². The molecule has 0 heterocycles. The highest BCUT2D eigenvalue weighted by Gasteiger charge is 2.30. The molecule has 0 aliphatic heterocycles. The summed E-state index contributed by atoms with van der Waals surface area (Å²) in [6.07, 6.45) is -4.09. The van der Waals surface area contributed by atoms with Crippen LogP contribution >= 0.6 is 0 Å². The van der Waals surface area contributed by atoms with E-state index in [1.54, 1.807) is 0 Å². The van der Waals surface area contributed by atoms with Crippen molar-refractivity contribution in [2.75, 3.05) is 14.2 Å². The van der Waals surface area contributed by atoms with Gasteiger partial charge in [0.05, 0.1) is 18.6 Å². The van der Waals surface area contributed by atoms with Crippen LogP contribution in [0.2, 0.25) is 0 Å². The lowest BCUT2D eigenvalue weighted by Crippen LogP contribution is -2.32. The third-order valence-electron chi connectivity index (χ3n) is 3.81. The lowest BCUT2D eigenvalue weighted by Gasteiger charge is -2.22. The molecule has 0 aromatic heterocycles. The van der Waals surface area contributed by atoms with Crippen LogP contribution in [0.3, 0.4) is 0 Å². The minimum Gasteiger partial charge on any atom is -0.275 e. The van der Waals surface area contributed by atoms with Crippen molar-refractivity contribution in [3.63, 3.8) is 0 Å². The summed E-state index contributed by atoms with van der Waals surface area (Å²) in [7, 11) is 2.89. The molecule has 0 saturated carbocycles. The predicted molar refractivity (Wildman–Crippen MR) is 84.1 cm³/mol. The fourth-order valence-electron chi connectivity index (χ4n) is 2.41. The summed E-state index contributed by atoms with van der Waals surface area (Å²) in [5.41, 5.74) is 0.726. The minimum atomic E-state index is -4.37. The molecular weight excluding hydrogens is 319 g/mol. The molecule has 128 valence electrons. The Bertz CT molecular complexity index is 669. The molecule has 0 aliphatic rings. The van der Waals surface area contributed by atoms with E-state index < -0.39 is 17.7 Å². The fraction of sp³-hybridized carbons (Fsp3) is 0.278. The molecule has 0 fully saturated rings. The van der Waals surface area contributed by atoms with Crippen LogP contribution in [0.15, 0.2) is 54.6 Å². The van der Waals surface area contributed by atoms with Crippen molar-refractivity contribution in [1.29, 1.82) is 0 Å². The number of amides is 1. The minimum absolute atomic E-state index is 0.261. The van der Waals surface area contributed by atoms with Crippen LogP contribution in [0.5, 0.6) is 0 Å². The van der Waals surface area contributed by atoms with E-state index in [-0.39, 0.29) is 12.3 Å². The van der Waals surface area contributed by atoms with Crippen molar-refractivity contribution >= 4 is 5.91 Å². The van der Waals surface area contributed by atoms with Gasteiger partial charge in [-0.1, -0.05) is 42.5 Å². The number of alkyl halides is 3. The van der Waals surface area contributed by atoms with Crippen LogP contribution < -0.4 is 0 Å². The Morgan fingerprint density at radius 2 is 1.67 bits per heavy atom. The first-order chi connectivity index (χ1) is 11.3. The third-order valence-corrected chi connectivity index (χ3v) is 3.81. The molecule has 1 unspecified atom stereocenters. The quantitative estimate of drug-likeness (QED) is 0.770. The number of hydrogen-bond donors (Lipinski definition) is 0. The van der Waals surface area contributed by atoms with Crippen molar-refractivity contribution in [1.82, 2.24) is 5.06 Å². The van der Waals surface area contributed by atoms with E-state index in [0.29, 0.717) is 5.56 Å². The highest BCUT2D eigenvalue weighted by atomic mass is 19.4. The monoisotopic (exact) mass is 337 g/mol. The highest BCUT2D eigenvalue weighted by molar-refractivity contribution is 5.83. The van der Waals surface area contributed by atoms with Crippen molar-refractivity contribution in [2.45, 2.75) is 18.5 Å². The van der Waals surface area contributed by atoms with Gasteiger partial charge in [-0.15, -0.1) is 0 Å². The molecule has 2 aromatic carbocycles. The molecule has 0 bridgehead atoms. The number of hydroxylamine groups is 2. The molecular formula is C18H18F3NO2. The second kappa shape index (κ2) is 7.49. The van der Waals surface area contributed by atoms with Gasteiger partial charge in [-0.2, -0.15) is 13.2 Å². The summed E-state index contributed by atoms with van der Waals surface area (Å²) < 4.78 is 37.9. The summed E-state index contributed by atoms with van der Waals surface area (Å²) >= 11 is 0. The van der Waals surface area contributed by atoms with Crippen LogP contribution in [0.25, 0.3) is 0 Å². The number of rotatable bonds is 5. The molecule has 6 heteroatoms.